The number of aliphatic carboxylic acids is 1. The number of carbonyl (C=O) groups is 1. The quantitative estimate of drug-likeness (QED) is 0.0701. The summed E-state index contributed by atoms with van der Waals surface area (Å²) in [7, 11) is -4.76. The smallest absolute Gasteiger partial charge is 0.470 e. The monoisotopic (exact) mass is 520 g/mol. The van der Waals surface area contributed by atoms with E-state index >= 15 is 0 Å². The molecule has 0 aliphatic rings. The molecule has 0 aliphatic carbocycles. The van der Waals surface area contributed by atoms with Gasteiger partial charge in [-0.2, -0.15) is 0 Å². The molecule has 6 nitrogen and oxygen atoms in total. The first-order chi connectivity index (χ1) is 16.9. The molecule has 7 heteroatoms. The van der Waals surface area contributed by atoms with E-state index in [4.69, 9.17) is 14.9 Å². The van der Waals surface area contributed by atoms with Crippen LogP contribution < -0.4 is 0 Å². The van der Waals surface area contributed by atoms with E-state index in [9.17, 15) is 9.36 Å². The maximum atomic E-state index is 11.0. The van der Waals surface area contributed by atoms with E-state index < -0.39 is 19.9 Å². The van der Waals surface area contributed by atoms with Crippen molar-refractivity contribution in [2.75, 3.05) is 0 Å². The maximum absolute atomic E-state index is 11.0. The standard InChI is InChI=1S/C28H57O6P/c1-2-3-4-5-6-7-8-9-10-11-12-13-14-15-16-17-18-19-20-21-22-23-24-25-26-27(28(29)30)34-35(31,32)33/h27H,2-26H2,1H3,(H,29,30)(H2,31,32,33). The van der Waals surface area contributed by atoms with Gasteiger partial charge < -0.3 is 14.9 Å². The van der Waals surface area contributed by atoms with Gasteiger partial charge in [-0.15, -0.1) is 0 Å². The van der Waals surface area contributed by atoms with Crippen LogP contribution in [0.1, 0.15) is 167 Å². The minimum Gasteiger partial charge on any atom is -0.479 e. The molecule has 0 radical (unpaired) electrons. The summed E-state index contributed by atoms with van der Waals surface area (Å²) in [5, 5.41) is 8.95. The number of phosphoric ester groups is 1. The largest absolute Gasteiger partial charge is 0.479 e. The Labute approximate surface area is 216 Å². The van der Waals surface area contributed by atoms with Gasteiger partial charge in [-0.3, -0.25) is 4.52 Å². The van der Waals surface area contributed by atoms with Crippen LogP contribution in [0.15, 0.2) is 0 Å². The summed E-state index contributed by atoms with van der Waals surface area (Å²) in [6.07, 6.45) is 30.1. The van der Waals surface area contributed by atoms with Crippen molar-refractivity contribution in [2.45, 2.75) is 174 Å². The molecule has 0 heterocycles. The van der Waals surface area contributed by atoms with Gasteiger partial charge in [0.2, 0.25) is 0 Å². The molecular weight excluding hydrogens is 463 g/mol. The van der Waals surface area contributed by atoms with Crippen LogP contribution in [0.5, 0.6) is 0 Å². The Morgan fingerprint density at radius 2 is 0.829 bits per heavy atom. The second kappa shape index (κ2) is 25.2. The molecule has 0 rings (SSSR count). The van der Waals surface area contributed by atoms with Crippen molar-refractivity contribution in [3.63, 3.8) is 0 Å². The summed E-state index contributed by atoms with van der Waals surface area (Å²) in [6, 6.07) is 0. The summed E-state index contributed by atoms with van der Waals surface area (Å²) in [6.45, 7) is 2.28. The van der Waals surface area contributed by atoms with E-state index in [0.717, 1.165) is 19.3 Å². The van der Waals surface area contributed by atoms with Crippen LogP contribution in [0.2, 0.25) is 0 Å². The summed E-state index contributed by atoms with van der Waals surface area (Å²) in [5.41, 5.74) is 0. The second-order valence-electron chi connectivity index (χ2n) is 10.3. The number of phosphoric acid groups is 1. The Morgan fingerprint density at radius 1 is 0.571 bits per heavy atom. The number of unbranched alkanes of at least 4 members (excludes halogenated alkanes) is 23. The molecule has 0 fully saturated rings. The lowest BCUT2D eigenvalue weighted by Crippen LogP contribution is -2.22. The zero-order valence-corrected chi connectivity index (χ0v) is 23.7. The van der Waals surface area contributed by atoms with Crippen molar-refractivity contribution in [3.05, 3.63) is 0 Å². The molecule has 1 unspecified atom stereocenters. The van der Waals surface area contributed by atoms with E-state index in [1.807, 2.05) is 0 Å². The second-order valence-corrected chi connectivity index (χ2v) is 11.5. The van der Waals surface area contributed by atoms with Crippen molar-refractivity contribution in [2.24, 2.45) is 0 Å². The van der Waals surface area contributed by atoms with Crippen LogP contribution >= 0.6 is 7.82 Å². The zero-order valence-electron chi connectivity index (χ0n) is 22.8. The SMILES string of the molecule is CCCCCCCCCCCCCCCCCCCCCCCCCCC(OP(=O)(O)O)C(=O)O. The summed E-state index contributed by atoms with van der Waals surface area (Å²) in [4.78, 5) is 28.5. The van der Waals surface area contributed by atoms with E-state index in [1.54, 1.807) is 0 Å². The fraction of sp³-hybridized carbons (Fsp3) is 0.964. The highest BCUT2D eigenvalue weighted by molar-refractivity contribution is 7.46. The van der Waals surface area contributed by atoms with Gasteiger partial charge >= 0.3 is 13.8 Å². The van der Waals surface area contributed by atoms with Crippen LogP contribution in [0.3, 0.4) is 0 Å². The maximum Gasteiger partial charge on any atom is 0.470 e. The third kappa shape index (κ3) is 28.0. The molecule has 35 heavy (non-hydrogen) atoms. The normalized spacial score (nSPS) is 12.8. The Balaban J connectivity index is 3.23. The van der Waals surface area contributed by atoms with Crippen LogP contribution in [0, 0.1) is 0 Å². The number of carboxylic acid groups (broad SMARTS) is 1. The highest BCUT2D eigenvalue weighted by Gasteiger charge is 2.27. The van der Waals surface area contributed by atoms with Gasteiger partial charge in [-0.25, -0.2) is 9.36 Å². The predicted molar refractivity (Wildman–Crippen MR) is 146 cm³/mol. The first kappa shape index (κ1) is 34.6. The molecule has 0 saturated carbocycles. The summed E-state index contributed by atoms with van der Waals surface area (Å²) >= 11 is 0. The predicted octanol–water partition coefficient (Wildman–Crippen LogP) is 9.32. The lowest BCUT2D eigenvalue weighted by molar-refractivity contribution is -0.146. The number of hydrogen-bond donors (Lipinski definition) is 3. The molecule has 0 aliphatic heterocycles. The van der Waals surface area contributed by atoms with Gasteiger partial charge in [0.05, 0.1) is 0 Å². The van der Waals surface area contributed by atoms with E-state index in [1.165, 1.54) is 128 Å². The highest BCUT2D eigenvalue weighted by atomic mass is 31.2. The molecule has 0 aromatic rings. The molecular formula is C28H57O6P. The van der Waals surface area contributed by atoms with Gasteiger partial charge in [-0.05, 0) is 6.42 Å². The first-order valence-corrected chi connectivity index (χ1v) is 16.4. The Hall–Kier alpha value is -0.420. The van der Waals surface area contributed by atoms with E-state index in [2.05, 4.69) is 11.4 Å². The zero-order chi connectivity index (χ0) is 26.0. The Kier molecular flexibility index (Phi) is 24.9. The molecule has 0 bridgehead atoms. The van der Waals surface area contributed by atoms with Crippen LogP contribution in [0.25, 0.3) is 0 Å². The van der Waals surface area contributed by atoms with Crippen molar-refractivity contribution >= 4 is 13.8 Å². The number of carboxylic acids is 1. The van der Waals surface area contributed by atoms with E-state index in [-0.39, 0.29) is 6.42 Å². The average molecular weight is 521 g/mol. The third-order valence-electron chi connectivity index (χ3n) is 6.86. The van der Waals surface area contributed by atoms with Crippen LogP contribution in [-0.4, -0.2) is 27.0 Å². The van der Waals surface area contributed by atoms with Gasteiger partial charge in [-0.1, -0.05) is 161 Å². The number of hydrogen-bond acceptors (Lipinski definition) is 3. The first-order valence-electron chi connectivity index (χ1n) is 14.8. The molecule has 0 aromatic heterocycles. The van der Waals surface area contributed by atoms with Crippen molar-refractivity contribution in [1.29, 1.82) is 0 Å². The third-order valence-corrected chi connectivity index (χ3v) is 7.39. The molecule has 0 amide bonds. The number of rotatable bonds is 28. The average Bonchev–Trinajstić information content (AvgIpc) is 2.80. The van der Waals surface area contributed by atoms with Gasteiger partial charge in [0.25, 0.3) is 0 Å². The Morgan fingerprint density at radius 3 is 1.06 bits per heavy atom. The minimum atomic E-state index is -4.76. The fourth-order valence-electron chi connectivity index (χ4n) is 4.68. The van der Waals surface area contributed by atoms with Gasteiger partial charge in [0.15, 0.2) is 6.10 Å². The van der Waals surface area contributed by atoms with Crippen molar-refractivity contribution < 1.29 is 28.8 Å². The lowest BCUT2D eigenvalue weighted by atomic mass is 10.0. The van der Waals surface area contributed by atoms with Crippen molar-refractivity contribution in [1.82, 2.24) is 0 Å². The van der Waals surface area contributed by atoms with Crippen molar-refractivity contribution in [3.8, 4) is 0 Å². The Bertz CT molecular complexity index is 508. The topological polar surface area (TPSA) is 104 Å². The van der Waals surface area contributed by atoms with Crippen LogP contribution in [0.4, 0.5) is 0 Å². The summed E-state index contributed by atoms with van der Waals surface area (Å²) in [5.74, 6) is -1.32. The van der Waals surface area contributed by atoms with Gasteiger partial charge in [0.1, 0.15) is 0 Å². The summed E-state index contributed by atoms with van der Waals surface area (Å²) < 4.78 is 15.1. The molecule has 0 saturated heterocycles. The minimum absolute atomic E-state index is 0.139. The molecule has 1 atom stereocenters. The fourth-order valence-corrected chi connectivity index (χ4v) is 5.21. The van der Waals surface area contributed by atoms with Crippen LogP contribution in [-0.2, 0) is 13.9 Å². The highest BCUT2D eigenvalue weighted by Crippen LogP contribution is 2.38. The molecule has 3 N–H and O–H groups in total. The molecule has 210 valence electrons. The molecule has 0 aromatic carbocycles. The van der Waals surface area contributed by atoms with Gasteiger partial charge in [0, 0.05) is 0 Å². The lowest BCUT2D eigenvalue weighted by Gasteiger charge is -2.13. The van der Waals surface area contributed by atoms with E-state index in [0.29, 0.717) is 6.42 Å². The molecule has 0 spiro atoms.